The van der Waals surface area contributed by atoms with Gasteiger partial charge in [-0.05, 0) is 63.9 Å². The van der Waals surface area contributed by atoms with Crippen molar-refractivity contribution in [3.63, 3.8) is 0 Å². The van der Waals surface area contributed by atoms with Crippen LogP contribution in [0.3, 0.4) is 0 Å². The molecule has 0 unspecified atom stereocenters. The number of fused-ring (bicyclic) bond motifs is 4. The van der Waals surface area contributed by atoms with E-state index >= 15 is 0 Å². The van der Waals surface area contributed by atoms with Crippen LogP contribution in [0.25, 0.3) is 6.08 Å². The number of aromatic nitrogens is 1. The van der Waals surface area contributed by atoms with E-state index in [2.05, 4.69) is 40.5 Å². The van der Waals surface area contributed by atoms with Gasteiger partial charge in [0.05, 0.1) is 0 Å². The van der Waals surface area contributed by atoms with E-state index in [0.29, 0.717) is 11.8 Å². The normalized spacial score (nSPS) is 29.1. The van der Waals surface area contributed by atoms with Crippen LogP contribution < -0.4 is 5.56 Å². The Hall–Kier alpha value is -1.39. The van der Waals surface area contributed by atoms with Gasteiger partial charge in [0.1, 0.15) is 0 Å². The maximum atomic E-state index is 12.4. The smallest absolute Gasteiger partial charge is 0.250 e. The molecular weight excluding hydrogens is 298 g/mol. The topological polar surface area (TPSA) is 28.5 Å². The van der Waals surface area contributed by atoms with Crippen LogP contribution in [0.5, 0.6) is 0 Å². The Balaban J connectivity index is 1.63. The Kier molecular flexibility index (Phi) is 4.35. The minimum absolute atomic E-state index is 0.181. The molecule has 4 nitrogen and oxygen atoms in total. The molecule has 2 atom stereocenters. The second-order valence-electron chi connectivity index (χ2n) is 7.91. The van der Waals surface area contributed by atoms with Crippen molar-refractivity contribution in [1.29, 1.82) is 0 Å². The molecule has 2 bridgehead atoms. The highest BCUT2D eigenvalue weighted by Crippen LogP contribution is 2.38. The molecule has 0 saturated carbocycles. The number of pyridine rings is 1. The Morgan fingerprint density at radius 1 is 1.12 bits per heavy atom. The van der Waals surface area contributed by atoms with Crippen molar-refractivity contribution in [1.82, 2.24) is 14.4 Å². The average Bonchev–Trinajstić information content (AvgIpc) is 2.58. The fraction of sp³-hybridized carbons (Fsp3) is 0.650. The Labute approximate surface area is 144 Å². The van der Waals surface area contributed by atoms with Crippen LogP contribution in [0, 0.1) is 5.92 Å². The van der Waals surface area contributed by atoms with Crippen LogP contribution in [0.4, 0.5) is 0 Å². The van der Waals surface area contributed by atoms with Gasteiger partial charge < -0.3 is 9.47 Å². The van der Waals surface area contributed by atoms with E-state index in [4.69, 9.17) is 0 Å². The average molecular weight is 327 g/mol. The van der Waals surface area contributed by atoms with E-state index < -0.39 is 0 Å². The van der Waals surface area contributed by atoms with Crippen LogP contribution in [0.2, 0.25) is 0 Å². The van der Waals surface area contributed by atoms with Crippen molar-refractivity contribution in [2.75, 3.05) is 33.2 Å². The summed E-state index contributed by atoms with van der Waals surface area (Å²) in [5.74, 6) is 1.15. The molecule has 4 rings (SSSR count). The first kappa shape index (κ1) is 16.1. The third kappa shape index (κ3) is 2.86. The molecule has 2 saturated heterocycles. The van der Waals surface area contributed by atoms with E-state index in [1.165, 1.54) is 50.2 Å². The maximum Gasteiger partial charge on any atom is 0.250 e. The zero-order valence-corrected chi connectivity index (χ0v) is 14.9. The zero-order valence-electron chi connectivity index (χ0n) is 14.9. The summed E-state index contributed by atoms with van der Waals surface area (Å²) in [6.45, 7) is 7.69. The number of allylic oxidation sites excluding steroid dienone is 1. The van der Waals surface area contributed by atoms with E-state index in [-0.39, 0.29) is 5.56 Å². The van der Waals surface area contributed by atoms with Crippen LogP contribution in [0.15, 0.2) is 23.0 Å². The quantitative estimate of drug-likeness (QED) is 0.835. The summed E-state index contributed by atoms with van der Waals surface area (Å²) in [6.07, 6.45) is 8.08. The number of rotatable bonds is 2. The second-order valence-corrected chi connectivity index (χ2v) is 7.91. The Morgan fingerprint density at radius 3 is 2.67 bits per heavy atom. The van der Waals surface area contributed by atoms with Gasteiger partial charge in [0, 0.05) is 43.4 Å². The molecule has 24 heavy (non-hydrogen) atoms. The van der Waals surface area contributed by atoms with Crippen LogP contribution in [-0.4, -0.2) is 53.6 Å². The summed E-state index contributed by atoms with van der Waals surface area (Å²) in [5, 5.41) is 0. The molecule has 0 N–H and O–H groups in total. The second kappa shape index (κ2) is 6.49. The van der Waals surface area contributed by atoms with Gasteiger partial charge in [-0.15, -0.1) is 0 Å². The molecule has 3 aliphatic rings. The van der Waals surface area contributed by atoms with Gasteiger partial charge in [-0.1, -0.05) is 12.2 Å². The van der Waals surface area contributed by atoms with Gasteiger partial charge in [0.15, 0.2) is 0 Å². The highest BCUT2D eigenvalue weighted by molar-refractivity contribution is 5.53. The highest BCUT2D eigenvalue weighted by atomic mass is 16.1. The number of hydrogen-bond donors (Lipinski definition) is 0. The van der Waals surface area contributed by atoms with E-state index in [0.717, 1.165) is 19.1 Å². The molecule has 130 valence electrons. The summed E-state index contributed by atoms with van der Waals surface area (Å²) >= 11 is 0. The van der Waals surface area contributed by atoms with E-state index in [1.807, 2.05) is 6.07 Å². The summed E-state index contributed by atoms with van der Waals surface area (Å²) < 4.78 is 2.07. The molecule has 0 amide bonds. The van der Waals surface area contributed by atoms with Gasteiger partial charge in [-0.3, -0.25) is 9.69 Å². The first-order chi connectivity index (χ1) is 11.7. The lowest BCUT2D eigenvalue weighted by Gasteiger charge is -2.47. The molecule has 0 aromatic carbocycles. The van der Waals surface area contributed by atoms with Crippen molar-refractivity contribution >= 4 is 6.08 Å². The molecule has 0 radical (unpaired) electrons. The fourth-order valence-electron chi connectivity index (χ4n) is 5.06. The number of likely N-dealkylation sites (tertiary alicyclic amines) is 2. The zero-order chi connectivity index (χ0) is 16.7. The number of nitrogens with zero attached hydrogens (tertiary/aromatic N) is 3. The molecule has 0 aliphatic carbocycles. The summed E-state index contributed by atoms with van der Waals surface area (Å²) in [5.41, 5.74) is 2.71. The predicted molar refractivity (Wildman–Crippen MR) is 98.4 cm³/mol. The third-order valence-electron chi connectivity index (χ3n) is 6.20. The molecule has 2 fully saturated rings. The SMILES string of the molecule is CC=Cc1ccc(=O)n2c1[C@H]1C[C@@H](CN(C3CCN(C)CC3)C1)C2. The van der Waals surface area contributed by atoms with Crippen molar-refractivity contribution in [3.05, 3.63) is 39.8 Å². The van der Waals surface area contributed by atoms with Gasteiger partial charge >= 0.3 is 0 Å². The fourth-order valence-corrected chi connectivity index (χ4v) is 5.06. The summed E-state index contributed by atoms with van der Waals surface area (Å²) in [7, 11) is 2.23. The Morgan fingerprint density at radius 2 is 1.92 bits per heavy atom. The molecular formula is C20H29N3O. The Bertz CT molecular complexity index is 685. The summed E-state index contributed by atoms with van der Waals surface area (Å²) in [4.78, 5) is 17.6. The molecule has 1 aromatic heterocycles. The van der Waals surface area contributed by atoms with Crippen molar-refractivity contribution in [2.45, 2.75) is 44.7 Å². The van der Waals surface area contributed by atoms with E-state index in [9.17, 15) is 4.79 Å². The third-order valence-corrected chi connectivity index (χ3v) is 6.20. The van der Waals surface area contributed by atoms with Gasteiger partial charge in [-0.2, -0.15) is 0 Å². The van der Waals surface area contributed by atoms with Gasteiger partial charge in [0.2, 0.25) is 0 Å². The van der Waals surface area contributed by atoms with Gasteiger partial charge in [0.25, 0.3) is 5.56 Å². The van der Waals surface area contributed by atoms with Crippen molar-refractivity contribution < 1.29 is 0 Å². The monoisotopic (exact) mass is 327 g/mol. The number of piperidine rings is 2. The van der Waals surface area contributed by atoms with Gasteiger partial charge in [-0.25, -0.2) is 0 Å². The minimum atomic E-state index is 0.181. The van der Waals surface area contributed by atoms with Crippen LogP contribution in [-0.2, 0) is 6.54 Å². The lowest BCUT2D eigenvalue weighted by Crippen LogP contribution is -2.53. The first-order valence-electron chi connectivity index (χ1n) is 9.44. The standard InChI is InChI=1S/C20H29N3O/c1-3-4-16-5-6-19(24)23-13-15-11-17(20(16)23)14-22(12-15)18-7-9-21(2)10-8-18/h3-6,15,17-18H,7-14H2,1-2H3/t15-,17-/m0/s1. The van der Waals surface area contributed by atoms with Crippen molar-refractivity contribution in [2.24, 2.45) is 5.92 Å². The lowest BCUT2D eigenvalue weighted by atomic mass is 9.80. The molecule has 3 aliphatic heterocycles. The number of hydrogen-bond acceptors (Lipinski definition) is 3. The molecule has 0 spiro atoms. The lowest BCUT2D eigenvalue weighted by molar-refractivity contribution is 0.0516. The highest BCUT2D eigenvalue weighted by Gasteiger charge is 2.38. The molecule has 1 aromatic rings. The van der Waals surface area contributed by atoms with Crippen molar-refractivity contribution in [3.8, 4) is 0 Å². The van der Waals surface area contributed by atoms with Crippen LogP contribution in [0.1, 0.15) is 43.4 Å². The largest absolute Gasteiger partial charge is 0.311 e. The maximum absolute atomic E-state index is 12.4. The minimum Gasteiger partial charge on any atom is -0.311 e. The summed E-state index contributed by atoms with van der Waals surface area (Å²) in [6, 6.07) is 4.50. The first-order valence-corrected chi connectivity index (χ1v) is 9.44. The van der Waals surface area contributed by atoms with E-state index in [1.54, 1.807) is 6.07 Å². The predicted octanol–water partition coefficient (Wildman–Crippen LogP) is 2.39. The van der Waals surface area contributed by atoms with Crippen LogP contribution >= 0.6 is 0 Å². The molecule has 4 heterocycles. The molecule has 4 heteroatoms.